The number of aliphatic hydroxyl groups excluding tert-OH is 1. The standard InChI is InChI=1S/C13H27N7O/c1-3-20(4-2)13-17-11(16-12(18-13)19-14)15-9-7-5-6-8-10-21/h21H,3-10,14H2,1-2H3,(H2,15,16,17,18,19). The Balaban J connectivity index is 2.58. The maximum absolute atomic E-state index is 8.72. The molecule has 0 saturated carbocycles. The van der Waals surface area contributed by atoms with Crippen LogP contribution < -0.4 is 21.5 Å². The van der Waals surface area contributed by atoms with Gasteiger partial charge in [-0.25, -0.2) is 5.84 Å². The van der Waals surface area contributed by atoms with Crippen molar-refractivity contribution in [3.8, 4) is 0 Å². The Bertz CT molecular complexity index is 398. The van der Waals surface area contributed by atoms with Crippen LogP contribution >= 0.6 is 0 Å². The van der Waals surface area contributed by atoms with Gasteiger partial charge in [0.25, 0.3) is 0 Å². The van der Waals surface area contributed by atoms with Gasteiger partial charge in [0.15, 0.2) is 0 Å². The van der Waals surface area contributed by atoms with Crippen molar-refractivity contribution in [2.24, 2.45) is 5.84 Å². The Kier molecular flexibility index (Phi) is 8.37. The van der Waals surface area contributed by atoms with Gasteiger partial charge in [-0.3, -0.25) is 5.43 Å². The lowest BCUT2D eigenvalue weighted by molar-refractivity contribution is 0.283. The van der Waals surface area contributed by atoms with Crippen LogP contribution in [-0.2, 0) is 0 Å². The number of aromatic nitrogens is 3. The second-order valence-corrected chi connectivity index (χ2v) is 4.66. The number of unbranched alkanes of at least 4 members (excludes halogenated alkanes) is 3. The molecule has 0 aromatic carbocycles. The molecule has 8 nitrogen and oxygen atoms in total. The van der Waals surface area contributed by atoms with Crippen molar-refractivity contribution in [1.29, 1.82) is 0 Å². The Morgan fingerprint density at radius 2 is 1.67 bits per heavy atom. The summed E-state index contributed by atoms with van der Waals surface area (Å²) >= 11 is 0. The highest BCUT2D eigenvalue weighted by Gasteiger charge is 2.10. The minimum atomic E-state index is 0.264. The van der Waals surface area contributed by atoms with Gasteiger partial charge in [-0.05, 0) is 26.7 Å². The third-order valence-corrected chi connectivity index (χ3v) is 3.17. The fourth-order valence-electron chi connectivity index (χ4n) is 1.95. The van der Waals surface area contributed by atoms with Gasteiger partial charge < -0.3 is 15.3 Å². The third kappa shape index (κ3) is 6.09. The largest absolute Gasteiger partial charge is 0.396 e. The average molecular weight is 297 g/mol. The van der Waals surface area contributed by atoms with E-state index in [2.05, 4.69) is 39.5 Å². The van der Waals surface area contributed by atoms with Crippen LogP contribution in [0.5, 0.6) is 0 Å². The molecular weight excluding hydrogens is 270 g/mol. The lowest BCUT2D eigenvalue weighted by Gasteiger charge is -2.19. The molecule has 0 amide bonds. The molecule has 0 spiro atoms. The van der Waals surface area contributed by atoms with Gasteiger partial charge in [-0.1, -0.05) is 12.8 Å². The van der Waals surface area contributed by atoms with Gasteiger partial charge in [-0.2, -0.15) is 15.0 Å². The second kappa shape index (κ2) is 10.1. The monoisotopic (exact) mass is 297 g/mol. The van der Waals surface area contributed by atoms with E-state index >= 15 is 0 Å². The van der Waals surface area contributed by atoms with Crippen LogP contribution in [0.1, 0.15) is 39.5 Å². The van der Waals surface area contributed by atoms with E-state index in [4.69, 9.17) is 10.9 Å². The van der Waals surface area contributed by atoms with E-state index in [1.807, 2.05) is 4.90 Å². The van der Waals surface area contributed by atoms with Crippen molar-refractivity contribution in [3.05, 3.63) is 0 Å². The Hall–Kier alpha value is -1.67. The first kappa shape index (κ1) is 17.4. The number of anilines is 3. The van der Waals surface area contributed by atoms with E-state index in [9.17, 15) is 0 Å². The molecule has 0 aliphatic heterocycles. The summed E-state index contributed by atoms with van der Waals surface area (Å²) in [6.45, 7) is 6.81. The number of nitrogens with zero attached hydrogens (tertiary/aromatic N) is 4. The molecule has 0 aliphatic rings. The lowest BCUT2D eigenvalue weighted by Crippen LogP contribution is -2.26. The normalized spacial score (nSPS) is 10.5. The molecule has 1 heterocycles. The van der Waals surface area contributed by atoms with Crippen LogP contribution in [0, 0.1) is 0 Å². The molecule has 0 fully saturated rings. The van der Waals surface area contributed by atoms with Crippen molar-refractivity contribution in [2.75, 3.05) is 41.9 Å². The number of rotatable bonds is 11. The Morgan fingerprint density at radius 1 is 1.00 bits per heavy atom. The van der Waals surface area contributed by atoms with E-state index in [0.29, 0.717) is 17.8 Å². The van der Waals surface area contributed by atoms with E-state index in [-0.39, 0.29) is 6.61 Å². The van der Waals surface area contributed by atoms with Gasteiger partial charge in [0.2, 0.25) is 17.8 Å². The van der Waals surface area contributed by atoms with Crippen molar-refractivity contribution < 1.29 is 5.11 Å². The average Bonchev–Trinajstić information content (AvgIpc) is 2.51. The zero-order chi connectivity index (χ0) is 15.5. The molecule has 0 saturated heterocycles. The van der Waals surface area contributed by atoms with Gasteiger partial charge in [0.1, 0.15) is 0 Å². The fraction of sp³-hybridized carbons (Fsp3) is 0.769. The van der Waals surface area contributed by atoms with Crippen molar-refractivity contribution in [3.63, 3.8) is 0 Å². The maximum atomic E-state index is 8.72. The minimum Gasteiger partial charge on any atom is -0.396 e. The first-order valence-corrected chi connectivity index (χ1v) is 7.57. The van der Waals surface area contributed by atoms with Crippen LogP contribution in [0.2, 0.25) is 0 Å². The molecule has 1 rings (SSSR count). The summed E-state index contributed by atoms with van der Waals surface area (Å²) in [6.07, 6.45) is 3.98. The molecule has 0 aliphatic carbocycles. The molecule has 5 N–H and O–H groups in total. The first-order valence-electron chi connectivity index (χ1n) is 7.57. The van der Waals surface area contributed by atoms with Crippen LogP contribution in [0.4, 0.5) is 17.8 Å². The molecule has 0 unspecified atom stereocenters. The van der Waals surface area contributed by atoms with Crippen molar-refractivity contribution in [1.82, 2.24) is 15.0 Å². The number of nitrogens with two attached hydrogens (primary N) is 1. The summed E-state index contributed by atoms with van der Waals surface area (Å²) < 4.78 is 0. The summed E-state index contributed by atoms with van der Waals surface area (Å²) in [5.41, 5.74) is 2.47. The number of nitrogen functional groups attached to an aromatic ring is 1. The van der Waals surface area contributed by atoms with E-state index in [1.165, 1.54) is 0 Å². The van der Waals surface area contributed by atoms with Gasteiger partial charge >= 0.3 is 0 Å². The molecule has 120 valence electrons. The molecule has 8 heteroatoms. The highest BCUT2D eigenvalue weighted by atomic mass is 16.2. The molecule has 0 atom stereocenters. The van der Waals surface area contributed by atoms with Crippen LogP contribution in [0.3, 0.4) is 0 Å². The van der Waals surface area contributed by atoms with Crippen LogP contribution in [-0.4, -0.2) is 46.3 Å². The quantitative estimate of drug-likeness (QED) is 0.271. The lowest BCUT2D eigenvalue weighted by atomic mass is 10.2. The predicted molar refractivity (Wildman–Crippen MR) is 85.2 cm³/mol. The summed E-state index contributed by atoms with van der Waals surface area (Å²) in [7, 11) is 0. The molecule has 1 aromatic heterocycles. The topological polar surface area (TPSA) is 112 Å². The summed E-state index contributed by atoms with van der Waals surface area (Å²) in [4.78, 5) is 14.9. The highest BCUT2D eigenvalue weighted by molar-refractivity contribution is 5.43. The second-order valence-electron chi connectivity index (χ2n) is 4.66. The van der Waals surface area contributed by atoms with E-state index in [1.54, 1.807) is 0 Å². The smallest absolute Gasteiger partial charge is 0.243 e. The summed E-state index contributed by atoms with van der Waals surface area (Å²) in [6, 6.07) is 0. The van der Waals surface area contributed by atoms with Crippen LogP contribution in [0.15, 0.2) is 0 Å². The van der Waals surface area contributed by atoms with Gasteiger partial charge in [0.05, 0.1) is 0 Å². The van der Waals surface area contributed by atoms with Gasteiger partial charge in [-0.15, -0.1) is 0 Å². The number of aliphatic hydroxyl groups is 1. The molecule has 0 radical (unpaired) electrons. The number of hydrogen-bond acceptors (Lipinski definition) is 8. The number of nitrogens with one attached hydrogen (secondary N) is 2. The Labute approximate surface area is 126 Å². The third-order valence-electron chi connectivity index (χ3n) is 3.17. The highest BCUT2D eigenvalue weighted by Crippen LogP contribution is 2.13. The molecule has 0 bridgehead atoms. The van der Waals surface area contributed by atoms with E-state index in [0.717, 1.165) is 45.3 Å². The minimum absolute atomic E-state index is 0.264. The predicted octanol–water partition coefficient (Wildman–Crippen LogP) is 0.968. The zero-order valence-electron chi connectivity index (χ0n) is 13.0. The zero-order valence-corrected chi connectivity index (χ0v) is 13.0. The number of hydrogen-bond donors (Lipinski definition) is 4. The summed E-state index contributed by atoms with van der Waals surface area (Å²) in [5.74, 6) is 6.91. The molecule has 21 heavy (non-hydrogen) atoms. The Morgan fingerprint density at radius 3 is 2.29 bits per heavy atom. The molecule has 1 aromatic rings. The molecular formula is C13H27N7O. The SMILES string of the molecule is CCN(CC)c1nc(NN)nc(NCCCCCCO)n1. The van der Waals surface area contributed by atoms with Crippen LogP contribution in [0.25, 0.3) is 0 Å². The number of hydrazine groups is 1. The van der Waals surface area contributed by atoms with Gasteiger partial charge in [0, 0.05) is 26.2 Å². The maximum Gasteiger partial charge on any atom is 0.243 e. The van der Waals surface area contributed by atoms with E-state index < -0.39 is 0 Å². The fourth-order valence-corrected chi connectivity index (χ4v) is 1.95. The summed E-state index contributed by atoms with van der Waals surface area (Å²) in [5, 5.41) is 11.9. The van der Waals surface area contributed by atoms with Crippen molar-refractivity contribution in [2.45, 2.75) is 39.5 Å². The van der Waals surface area contributed by atoms with Crippen molar-refractivity contribution >= 4 is 17.8 Å². The first-order chi connectivity index (χ1) is 10.2.